The Hall–Kier alpha value is -3.26. The number of halogens is 1. The standard InChI is InChI=1S/C27H28ClN3O4/c1-15-12-22(33)20(14-21(15)28)24-23-25(30-29-24)27(34)31(26(23)17-4-3-5-18(32)13-17)11-10-16-6-8-19(35-2)9-7-16/h3-9,12-14,23-26,29-30,32-33H,10-11H2,1-2H3. The van der Waals surface area contributed by atoms with Crippen LogP contribution >= 0.6 is 11.6 Å². The maximum atomic E-state index is 13.6. The Morgan fingerprint density at radius 3 is 2.49 bits per heavy atom. The van der Waals surface area contributed by atoms with E-state index < -0.39 is 6.04 Å². The van der Waals surface area contributed by atoms with Gasteiger partial charge in [-0.3, -0.25) is 4.79 Å². The molecule has 4 unspecified atom stereocenters. The first-order valence-electron chi connectivity index (χ1n) is 11.6. The van der Waals surface area contributed by atoms with E-state index in [2.05, 4.69) is 10.9 Å². The third kappa shape index (κ3) is 4.31. The van der Waals surface area contributed by atoms with E-state index in [-0.39, 0.29) is 35.4 Å². The molecule has 0 saturated carbocycles. The number of aryl methyl sites for hydroxylation is 1. The number of phenols is 2. The number of ether oxygens (including phenoxy) is 1. The van der Waals surface area contributed by atoms with Gasteiger partial charge in [0.1, 0.15) is 23.3 Å². The first kappa shape index (κ1) is 23.5. The molecule has 2 fully saturated rings. The largest absolute Gasteiger partial charge is 0.508 e. The smallest absolute Gasteiger partial charge is 0.242 e. The van der Waals surface area contributed by atoms with Crippen molar-refractivity contribution in [3.05, 3.63) is 87.9 Å². The van der Waals surface area contributed by atoms with Crippen molar-refractivity contribution >= 4 is 17.5 Å². The Morgan fingerprint density at radius 2 is 1.77 bits per heavy atom. The molecule has 2 aliphatic rings. The van der Waals surface area contributed by atoms with E-state index in [1.807, 2.05) is 42.2 Å². The molecule has 2 saturated heterocycles. The number of rotatable bonds is 6. The van der Waals surface area contributed by atoms with Crippen LogP contribution in [-0.4, -0.2) is 40.7 Å². The van der Waals surface area contributed by atoms with Crippen molar-refractivity contribution in [3.8, 4) is 17.2 Å². The fourth-order valence-corrected chi connectivity index (χ4v) is 5.47. The van der Waals surface area contributed by atoms with Crippen molar-refractivity contribution in [2.24, 2.45) is 5.92 Å². The zero-order chi connectivity index (χ0) is 24.7. The van der Waals surface area contributed by atoms with Gasteiger partial charge in [0.2, 0.25) is 5.91 Å². The van der Waals surface area contributed by atoms with Gasteiger partial charge in [-0.25, -0.2) is 10.9 Å². The Kier molecular flexibility index (Phi) is 6.32. The number of nitrogens with one attached hydrogen (secondary N) is 2. The molecule has 35 heavy (non-hydrogen) atoms. The highest BCUT2D eigenvalue weighted by molar-refractivity contribution is 6.31. The van der Waals surface area contributed by atoms with Gasteiger partial charge in [0.05, 0.1) is 19.2 Å². The van der Waals surface area contributed by atoms with Gasteiger partial charge in [0.15, 0.2) is 0 Å². The molecule has 2 heterocycles. The SMILES string of the molecule is COc1ccc(CCN2C(=O)C3NNC(c4cc(Cl)c(C)cc4O)C3C2c2cccc(O)c2)cc1. The lowest BCUT2D eigenvalue weighted by Crippen LogP contribution is -2.42. The number of carbonyl (C=O) groups is 1. The number of hydrazine groups is 1. The first-order valence-corrected chi connectivity index (χ1v) is 12.0. The molecular weight excluding hydrogens is 466 g/mol. The molecule has 7 nitrogen and oxygen atoms in total. The van der Waals surface area contributed by atoms with Crippen molar-refractivity contribution < 1.29 is 19.7 Å². The first-order chi connectivity index (χ1) is 16.9. The van der Waals surface area contributed by atoms with Gasteiger partial charge in [0.25, 0.3) is 0 Å². The summed E-state index contributed by atoms with van der Waals surface area (Å²) in [4.78, 5) is 15.5. The molecular formula is C27H28ClN3O4. The average Bonchev–Trinajstić information content (AvgIpc) is 3.39. The topological polar surface area (TPSA) is 94.1 Å². The number of amides is 1. The highest BCUT2D eigenvalue weighted by Crippen LogP contribution is 2.49. The predicted octanol–water partition coefficient (Wildman–Crippen LogP) is 4.03. The number of phenolic OH excluding ortho intramolecular Hbond substituents is 2. The summed E-state index contributed by atoms with van der Waals surface area (Å²) in [5.41, 5.74) is 9.73. The number of hydrogen-bond acceptors (Lipinski definition) is 6. The molecule has 0 aliphatic carbocycles. The Balaban J connectivity index is 1.50. The van der Waals surface area contributed by atoms with Gasteiger partial charge < -0.3 is 19.8 Å². The van der Waals surface area contributed by atoms with Crippen LogP contribution in [0.4, 0.5) is 0 Å². The zero-order valence-electron chi connectivity index (χ0n) is 19.5. The Labute approximate surface area is 209 Å². The summed E-state index contributed by atoms with van der Waals surface area (Å²) in [6.45, 7) is 2.35. The van der Waals surface area contributed by atoms with Crippen molar-refractivity contribution in [3.63, 3.8) is 0 Å². The van der Waals surface area contributed by atoms with Gasteiger partial charge in [-0.15, -0.1) is 0 Å². The molecule has 4 atom stereocenters. The number of fused-ring (bicyclic) bond motifs is 1. The molecule has 2 aliphatic heterocycles. The second-order valence-corrected chi connectivity index (χ2v) is 9.56. The molecule has 0 radical (unpaired) electrons. The van der Waals surface area contributed by atoms with Gasteiger partial charge >= 0.3 is 0 Å². The normalized spacial score (nSPS) is 23.5. The van der Waals surface area contributed by atoms with Crippen LogP contribution in [0.3, 0.4) is 0 Å². The molecule has 0 aromatic heterocycles. The Bertz CT molecular complexity index is 1250. The van der Waals surface area contributed by atoms with Crippen LogP contribution in [0.1, 0.15) is 34.3 Å². The minimum Gasteiger partial charge on any atom is -0.508 e. The second kappa shape index (κ2) is 9.41. The number of methoxy groups -OCH3 is 1. The molecule has 3 aromatic carbocycles. The van der Waals surface area contributed by atoms with E-state index in [0.29, 0.717) is 23.6 Å². The summed E-state index contributed by atoms with van der Waals surface area (Å²) < 4.78 is 5.25. The number of hydrogen-bond donors (Lipinski definition) is 4. The average molecular weight is 494 g/mol. The molecule has 182 valence electrons. The van der Waals surface area contributed by atoms with E-state index >= 15 is 0 Å². The van der Waals surface area contributed by atoms with Crippen LogP contribution in [0.15, 0.2) is 60.7 Å². The highest BCUT2D eigenvalue weighted by Gasteiger charge is 2.55. The van der Waals surface area contributed by atoms with Crippen LogP contribution in [0, 0.1) is 12.8 Å². The lowest BCUT2D eigenvalue weighted by atomic mass is 9.83. The summed E-state index contributed by atoms with van der Waals surface area (Å²) in [6.07, 6.45) is 0.671. The molecule has 4 N–H and O–H groups in total. The number of nitrogens with zero attached hydrogens (tertiary/aromatic N) is 1. The summed E-state index contributed by atoms with van der Waals surface area (Å²) in [6, 6.07) is 17.1. The van der Waals surface area contributed by atoms with Crippen LogP contribution < -0.4 is 15.6 Å². The molecule has 5 rings (SSSR count). The summed E-state index contributed by atoms with van der Waals surface area (Å²) in [7, 11) is 1.63. The van der Waals surface area contributed by atoms with Gasteiger partial charge in [0, 0.05) is 23.0 Å². The molecule has 8 heteroatoms. The number of benzene rings is 3. The summed E-state index contributed by atoms with van der Waals surface area (Å²) in [5, 5.41) is 21.5. The highest BCUT2D eigenvalue weighted by atomic mass is 35.5. The lowest BCUT2D eigenvalue weighted by molar-refractivity contribution is -0.130. The number of likely N-dealkylation sites (tertiary alicyclic amines) is 1. The second-order valence-electron chi connectivity index (χ2n) is 9.15. The van der Waals surface area contributed by atoms with Crippen molar-refractivity contribution in [2.75, 3.05) is 13.7 Å². The Morgan fingerprint density at radius 1 is 1.03 bits per heavy atom. The van der Waals surface area contributed by atoms with E-state index in [0.717, 1.165) is 22.4 Å². The van der Waals surface area contributed by atoms with Gasteiger partial charge in [-0.05, 0) is 66.4 Å². The molecule has 3 aromatic rings. The fourth-order valence-electron chi connectivity index (χ4n) is 5.30. The van der Waals surface area contributed by atoms with Crippen molar-refractivity contribution in [2.45, 2.75) is 31.5 Å². The van der Waals surface area contributed by atoms with E-state index in [4.69, 9.17) is 16.3 Å². The summed E-state index contributed by atoms with van der Waals surface area (Å²) in [5.74, 6) is 0.804. The fraction of sp³-hybridized carbons (Fsp3) is 0.296. The maximum Gasteiger partial charge on any atom is 0.242 e. The zero-order valence-corrected chi connectivity index (χ0v) is 20.3. The third-order valence-electron chi connectivity index (χ3n) is 7.07. The monoisotopic (exact) mass is 493 g/mol. The predicted molar refractivity (Wildman–Crippen MR) is 133 cm³/mol. The maximum absolute atomic E-state index is 13.6. The van der Waals surface area contributed by atoms with Crippen LogP contribution in [0.5, 0.6) is 17.2 Å². The quantitative estimate of drug-likeness (QED) is 0.414. The molecule has 0 spiro atoms. The van der Waals surface area contributed by atoms with Crippen LogP contribution in [0.25, 0.3) is 0 Å². The summed E-state index contributed by atoms with van der Waals surface area (Å²) >= 11 is 6.40. The van der Waals surface area contributed by atoms with E-state index in [9.17, 15) is 15.0 Å². The molecule has 0 bridgehead atoms. The van der Waals surface area contributed by atoms with Gasteiger partial charge in [-0.2, -0.15) is 0 Å². The minimum absolute atomic E-state index is 0.0236. The van der Waals surface area contributed by atoms with Crippen molar-refractivity contribution in [1.29, 1.82) is 0 Å². The van der Waals surface area contributed by atoms with Crippen LogP contribution in [0.2, 0.25) is 5.02 Å². The van der Waals surface area contributed by atoms with Gasteiger partial charge in [-0.1, -0.05) is 35.9 Å². The van der Waals surface area contributed by atoms with Crippen LogP contribution in [-0.2, 0) is 11.2 Å². The third-order valence-corrected chi connectivity index (χ3v) is 7.48. The lowest BCUT2D eigenvalue weighted by Gasteiger charge is -2.31. The number of carbonyl (C=O) groups excluding carboxylic acids is 1. The van der Waals surface area contributed by atoms with Crippen molar-refractivity contribution in [1.82, 2.24) is 15.8 Å². The van der Waals surface area contributed by atoms with E-state index in [1.165, 1.54) is 0 Å². The molecule has 1 amide bonds. The number of aromatic hydroxyl groups is 2. The van der Waals surface area contributed by atoms with E-state index in [1.54, 1.807) is 37.4 Å². The minimum atomic E-state index is -0.484.